The van der Waals surface area contributed by atoms with Gasteiger partial charge in [0.05, 0.1) is 29.5 Å². The molecule has 3 aromatic rings. The lowest BCUT2D eigenvalue weighted by molar-refractivity contribution is -0.126. The number of nitrogens with zero attached hydrogens (tertiary/aromatic N) is 2. The molecule has 148 valence electrons. The summed E-state index contributed by atoms with van der Waals surface area (Å²) in [6.45, 7) is 2.10. The van der Waals surface area contributed by atoms with Crippen LogP contribution in [0, 0.1) is 0 Å². The van der Waals surface area contributed by atoms with Crippen molar-refractivity contribution in [1.29, 1.82) is 0 Å². The molecule has 0 bridgehead atoms. The molecule has 0 radical (unpaired) electrons. The van der Waals surface area contributed by atoms with Crippen LogP contribution < -0.4 is 9.47 Å². The van der Waals surface area contributed by atoms with Crippen LogP contribution in [-0.4, -0.2) is 35.5 Å². The topological polar surface area (TPSA) is 51.7 Å². The van der Waals surface area contributed by atoms with Crippen LogP contribution in [0.3, 0.4) is 0 Å². The molecule has 1 saturated heterocycles. The predicted molar refractivity (Wildman–Crippen MR) is 114 cm³/mol. The summed E-state index contributed by atoms with van der Waals surface area (Å²) in [6.07, 6.45) is 6.32. The van der Waals surface area contributed by atoms with Crippen LogP contribution in [-0.2, 0) is 4.79 Å². The normalized spacial score (nSPS) is 19.0. The lowest BCUT2D eigenvalue weighted by Gasteiger charge is -2.24. The molecule has 2 aliphatic heterocycles. The van der Waals surface area contributed by atoms with Gasteiger partial charge < -0.3 is 14.4 Å². The third-order valence-electron chi connectivity index (χ3n) is 5.37. The number of benzene rings is 2. The van der Waals surface area contributed by atoms with E-state index in [-0.39, 0.29) is 11.9 Å². The summed E-state index contributed by atoms with van der Waals surface area (Å²) < 4.78 is 12.7. The van der Waals surface area contributed by atoms with Crippen LogP contribution in [0.15, 0.2) is 48.5 Å². The van der Waals surface area contributed by atoms with E-state index in [1.165, 1.54) is 0 Å². The smallest absolute Gasteiger partial charge is 0.247 e. The number of thiazole rings is 1. The monoisotopic (exact) mass is 406 g/mol. The summed E-state index contributed by atoms with van der Waals surface area (Å²) in [5.74, 6) is 1.60. The Morgan fingerprint density at radius 3 is 2.86 bits per heavy atom. The van der Waals surface area contributed by atoms with E-state index in [1.54, 1.807) is 17.4 Å². The molecule has 0 N–H and O–H groups in total. The molecule has 0 saturated carbocycles. The highest BCUT2D eigenvalue weighted by molar-refractivity contribution is 7.19. The molecule has 1 amide bonds. The van der Waals surface area contributed by atoms with Crippen molar-refractivity contribution in [2.45, 2.75) is 25.3 Å². The SMILES string of the molecule is O=C(/C=C/c1nc2ccccc2s1)N1CCC[C@@H]1c1ccc2c(c1)OCCCO2. The molecule has 2 aromatic carbocycles. The maximum Gasteiger partial charge on any atom is 0.247 e. The van der Waals surface area contributed by atoms with Gasteiger partial charge in [-0.05, 0) is 48.7 Å². The number of para-hydroxylation sites is 1. The van der Waals surface area contributed by atoms with Crippen molar-refractivity contribution in [3.8, 4) is 11.5 Å². The first-order valence-electron chi connectivity index (χ1n) is 10.0. The van der Waals surface area contributed by atoms with Crippen molar-refractivity contribution in [2.75, 3.05) is 19.8 Å². The van der Waals surface area contributed by atoms with Crippen molar-refractivity contribution >= 4 is 33.5 Å². The molecule has 5 nitrogen and oxygen atoms in total. The van der Waals surface area contributed by atoms with Gasteiger partial charge in [-0.3, -0.25) is 4.79 Å². The van der Waals surface area contributed by atoms with E-state index in [2.05, 4.69) is 11.1 Å². The highest BCUT2D eigenvalue weighted by Crippen LogP contribution is 2.38. The summed E-state index contributed by atoms with van der Waals surface area (Å²) in [6, 6.07) is 14.1. The number of hydrogen-bond acceptors (Lipinski definition) is 5. The van der Waals surface area contributed by atoms with Crippen molar-refractivity contribution in [3.05, 3.63) is 59.1 Å². The molecular formula is C23H22N2O3S. The number of rotatable bonds is 3. The summed E-state index contributed by atoms with van der Waals surface area (Å²) in [4.78, 5) is 19.4. The number of carbonyl (C=O) groups is 1. The molecule has 29 heavy (non-hydrogen) atoms. The third-order valence-corrected chi connectivity index (χ3v) is 6.37. The minimum Gasteiger partial charge on any atom is -0.490 e. The highest BCUT2D eigenvalue weighted by atomic mass is 32.1. The van der Waals surface area contributed by atoms with Crippen molar-refractivity contribution < 1.29 is 14.3 Å². The number of carbonyl (C=O) groups excluding carboxylic acids is 1. The summed E-state index contributed by atoms with van der Waals surface area (Å²) in [5.41, 5.74) is 2.07. The molecule has 5 rings (SSSR count). The second kappa shape index (κ2) is 7.87. The average Bonchev–Trinajstić information content (AvgIpc) is 3.33. The van der Waals surface area contributed by atoms with E-state index in [1.807, 2.05) is 47.4 Å². The lowest BCUT2D eigenvalue weighted by Crippen LogP contribution is -2.28. The molecule has 1 aromatic heterocycles. The molecule has 3 heterocycles. The fourth-order valence-corrected chi connectivity index (χ4v) is 4.83. The second-order valence-corrected chi connectivity index (χ2v) is 8.36. The zero-order chi connectivity index (χ0) is 19.6. The number of likely N-dealkylation sites (tertiary alicyclic amines) is 1. The number of hydrogen-bond donors (Lipinski definition) is 0. The first-order valence-corrected chi connectivity index (χ1v) is 10.8. The number of ether oxygens (including phenoxy) is 2. The zero-order valence-electron chi connectivity index (χ0n) is 16.0. The van der Waals surface area contributed by atoms with Crippen LogP contribution in [0.1, 0.15) is 35.9 Å². The Morgan fingerprint density at radius 2 is 1.97 bits per heavy atom. The fourth-order valence-electron chi connectivity index (χ4n) is 3.96. The fraction of sp³-hybridized carbons (Fsp3) is 0.304. The van der Waals surface area contributed by atoms with Gasteiger partial charge in [0, 0.05) is 19.0 Å². The molecule has 2 aliphatic rings. The van der Waals surface area contributed by atoms with Crippen molar-refractivity contribution in [2.24, 2.45) is 0 Å². The maximum absolute atomic E-state index is 12.9. The van der Waals surface area contributed by atoms with Gasteiger partial charge in [-0.2, -0.15) is 0 Å². The molecule has 0 aliphatic carbocycles. The van der Waals surface area contributed by atoms with Gasteiger partial charge in [0.25, 0.3) is 0 Å². The zero-order valence-corrected chi connectivity index (χ0v) is 16.9. The Balaban J connectivity index is 1.34. The van der Waals surface area contributed by atoms with E-state index in [0.29, 0.717) is 13.2 Å². The van der Waals surface area contributed by atoms with Gasteiger partial charge in [-0.1, -0.05) is 18.2 Å². The van der Waals surface area contributed by atoms with Gasteiger partial charge in [0.1, 0.15) is 5.01 Å². The molecule has 1 fully saturated rings. The predicted octanol–water partition coefficient (Wildman–Crippen LogP) is 4.83. The van der Waals surface area contributed by atoms with E-state index in [4.69, 9.17) is 9.47 Å². The van der Waals surface area contributed by atoms with E-state index in [0.717, 1.165) is 58.1 Å². The van der Waals surface area contributed by atoms with Crippen LogP contribution in [0.2, 0.25) is 0 Å². The molecular weight excluding hydrogens is 384 g/mol. The molecule has 1 atom stereocenters. The Kier molecular flexibility index (Phi) is 4.94. The minimum atomic E-state index is 0.0267. The van der Waals surface area contributed by atoms with Crippen molar-refractivity contribution in [3.63, 3.8) is 0 Å². The quantitative estimate of drug-likeness (QED) is 0.585. The largest absolute Gasteiger partial charge is 0.490 e. The number of amides is 1. The van der Waals surface area contributed by atoms with Crippen LogP contribution in [0.5, 0.6) is 11.5 Å². The number of fused-ring (bicyclic) bond motifs is 2. The Morgan fingerprint density at radius 1 is 1.10 bits per heavy atom. The Hall–Kier alpha value is -2.86. The van der Waals surface area contributed by atoms with Gasteiger partial charge >= 0.3 is 0 Å². The van der Waals surface area contributed by atoms with Crippen molar-refractivity contribution in [1.82, 2.24) is 9.88 Å². The lowest BCUT2D eigenvalue weighted by atomic mass is 10.0. The first kappa shape index (κ1) is 18.2. The van der Waals surface area contributed by atoms with E-state index >= 15 is 0 Å². The standard InChI is InChI=1S/C23H22N2O3S/c26-23(11-10-22-24-17-5-1-2-7-21(17)29-22)25-12-3-6-18(25)16-8-9-19-20(15-16)28-14-4-13-27-19/h1-2,5,7-11,15,18H,3-4,6,12-14H2/b11-10+/t18-/m1/s1. The Bertz CT molecular complexity index is 1040. The van der Waals surface area contributed by atoms with Crippen LogP contribution in [0.25, 0.3) is 16.3 Å². The van der Waals surface area contributed by atoms with Gasteiger partial charge in [-0.25, -0.2) is 4.98 Å². The highest BCUT2D eigenvalue weighted by Gasteiger charge is 2.29. The van der Waals surface area contributed by atoms with Gasteiger partial charge in [0.2, 0.25) is 5.91 Å². The summed E-state index contributed by atoms with van der Waals surface area (Å²) in [7, 11) is 0. The number of aromatic nitrogens is 1. The summed E-state index contributed by atoms with van der Waals surface area (Å²) >= 11 is 1.60. The van der Waals surface area contributed by atoms with Gasteiger partial charge in [-0.15, -0.1) is 11.3 Å². The summed E-state index contributed by atoms with van der Waals surface area (Å²) in [5, 5.41) is 0.853. The molecule has 0 spiro atoms. The third kappa shape index (κ3) is 3.72. The minimum absolute atomic E-state index is 0.0267. The second-order valence-electron chi connectivity index (χ2n) is 7.30. The van der Waals surface area contributed by atoms with E-state index < -0.39 is 0 Å². The van der Waals surface area contributed by atoms with Crippen LogP contribution >= 0.6 is 11.3 Å². The van der Waals surface area contributed by atoms with E-state index in [9.17, 15) is 4.79 Å². The average molecular weight is 407 g/mol. The van der Waals surface area contributed by atoms with Gasteiger partial charge in [0.15, 0.2) is 11.5 Å². The molecule has 0 unspecified atom stereocenters. The van der Waals surface area contributed by atoms with Crippen LogP contribution in [0.4, 0.5) is 0 Å². The molecule has 6 heteroatoms. The maximum atomic E-state index is 12.9. The first-order chi connectivity index (χ1) is 14.3. The Labute approximate surface area is 173 Å².